The predicted molar refractivity (Wildman–Crippen MR) is 98.7 cm³/mol. The summed E-state index contributed by atoms with van der Waals surface area (Å²) < 4.78 is 0. The van der Waals surface area contributed by atoms with Crippen molar-refractivity contribution in [1.82, 2.24) is 10.3 Å². The van der Waals surface area contributed by atoms with Gasteiger partial charge in [0.2, 0.25) is 11.8 Å². The van der Waals surface area contributed by atoms with Crippen LogP contribution in [0.15, 0.2) is 23.6 Å². The van der Waals surface area contributed by atoms with Crippen molar-refractivity contribution in [3.8, 4) is 0 Å². The van der Waals surface area contributed by atoms with Gasteiger partial charge in [-0.15, -0.1) is 11.3 Å². The lowest BCUT2D eigenvalue weighted by Gasteiger charge is -2.10. The zero-order valence-corrected chi connectivity index (χ0v) is 15.0. The number of benzene rings is 1. The van der Waals surface area contributed by atoms with E-state index in [1.165, 1.54) is 11.3 Å². The first-order valence-electron chi connectivity index (χ1n) is 7.51. The predicted octanol–water partition coefficient (Wildman–Crippen LogP) is 2.11. The van der Waals surface area contributed by atoms with Crippen molar-refractivity contribution in [3.63, 3.8) is 0 Å². The first-order valence-corrected chi connectivity index (χ1v) is 9.27. The largest absolute Gasteiger partial charge is 0.398 e. The van der Waals surface area contributed by atoms with E-state index in [0.29, 0.717) is 22.8 Å². The number of hydrogen-bond acceptors (Lipinski definition) is 7. The molecule has 2 aromatic rings. The smallest absolute Gasteiger partial charge is 0.286 e. The van der Waals surface area contributed by atoms with Crippen LogP contribution < -0.4 is 16.4 Å². The van der Waals surface area contributed by atoms with E-state index >= 15 is 0 Å². The maximum atomic E-state index is 12.1. The van der Waals surface area contributed by atoms with Gasteiger partial charge in [0.15, 0.2) is 5.13 Å². The molecule has 1 aromatic carbocycles. The number of thioether (sulfide) groups is 1. The van der Waals surface area contributed by atoms with E-state index in [-0.39, 0.29) is 23.5 Å². The third-order valence-corrected chi connectivity index (χ3v) is 5.47. The van der Waals surface area contributed by atoms with E-state index in [4.69, 9.17) is 5.73 Å². The summed E-state index contributed by atoms with van der Waals surface area (Å²) in [7, 11) is 0. The minimum atomic E-state index is -0.436. The van der Waals surface area contributed by atoms with Crippen molar-refractivity contribution < 1.29 is 14.4 Å². The molecule has 1 aliphatic rings. The van der Waals surface area contributed by atoms with E-state index in [1.807, 2.05) is 18.4 Å². The van der Waals surface area contributed by atoms with E-state index in [1.54, 1.807) is 12.1 Å². The number of nitrogen functional groups attached to an aromatic ring is 1. The average Bonchev–Trinajstić information content (AvgIpc) is 3.07. The molecule has 1 unspecified atom stereocenters. The van der Waals surface area contributed by atoms with E-state index in [9.17, 15) is 14.4 Å². The molecule has 130 valence electrons. The lowest BCUT2D eigenvalue weighted by molar-refractivity contribution is -0.119. The van der Waals surface area contributed by atoms with E-state index < -0.39 is 5.25 Å². The molecule has 2 heterocycles. The van der Waals surface area contributed by atoms with Crippen LogP contribution in [0.5, 0.6) is 0 Å². The normalized spacial score (nSPS) is 16.8. The number of anilines is 2. The van der Waals surface area contributed by atoms with Gasteiger partial charge in [0, 0.05) is 11.1 Å². The Balaban J connectivity index is 1.62. The fourth-order valence-corrected chi connectivity index (χ4v) is 3.99. The molecule has 1 aromatic heterocycles. The first kappa shape index (κ1) is 17.4. The number of imide groups is 1. The Morgan fingerprint density at radius 2 is 2.20 bits per heavy atom. The maximum absolute atomic E-state index is 12.1. The van der Waals surface area contributed by atoms with Gasteiger partial charge in [-0.25, -0.2) is 4.98 Å². The molecule has 1 fully saturated rings. The van der Waals surface area contributed by atoms with Crippen LogP contribution in [-0.2, 0) is 22.4 Å². The quantitative estimate of drug-likeness (QED) is 0.689. The molecule has 0 aliphatic carbocycles. The van der Waals surface area contributed by atoms with Gasteiger partial charge in [0.1, 0.15) is 0 Å². The van der Waals surface area contributed by atoms with E-state index in [0.717, 1.165) is 23.0 Å². The SMILES string of the molecule is Cc1csc(NC(=O)Cc2ccc(CC3SC(=O)NC3=O)cc2N)n1. The van der Waals surface area contributed by atoms with Gasteiger partial charge in [-0.2, -0.15) is 0 Å². The second-order valence-electron chi connectivity index (χ2n) is 5.64. The Hall–Kier alpha value is -2.39. The topological polar surface area (TPSA) is 114 Å². The van der Waals surface area contributed by atoms with Crippen LogP contribution in [0.2, 0.25) is 0 Å². The van der Waals surface area contributed by atoms with Gasteiger partial charge >= 0.3 is 0 Å². The second-order valence-corrected chi connectivity index (χ2v) is 7.67. The van der Waals surface area contributed by atoms with Crippen molar-refractivity contribution in [2.24, 2.45) is 0 Å². The Labute approximate surface area is 152 Å². The molecule has 1 aliphatic heterocycles. The molecule has 7 nitrogen and oxygen atoms in total. The third-order valence-electron chi connectivity index (χ3n) is 3.61. The van der Waals surface area contributed by atoms with Gasteiger partial charge in [0.25, 0.3) is 5.24 Å². The zero-order chi connectivity index (χ0) is 18.0. The fraction of sp³-hybridized carbons (Fsp3) is 0.250. The van der Waals surface area contributed by atoms with Crippen molar-refractivity contribution in [2.75, 3.05) is 11.1 Å². The fourth-order valence-electron chi connectivity index (χ4n) is 2.42. The number of hydrogen-bond donors (Lipinski definition) is 3. The molecular formula is C16H16N4O3S2. The van der Waals surface area contributed by atoms with Crippen LogP contribution in [0.4, 0.5) is 15.6 Å². The van der Waals surface area contributed by atoms with Gasteiger partial charge in [-0.3, -0.25) is 19.7 Å². The average molecular weight is 376 g/mol. The third kappa shape index (κ3) is 4.37. The van der Waals surface area contributed by atoms with Gasteiger partial charge in [0.05, 0.1) is 17.4 Å². The maximum Gasteiger partial charge on any atom is 0.286 e. The lowest BCUT2D eigenvalue weighted by atomic mass is 10.0. The standard InChI is InChI=1S/C16H16N4O3S2/c1-8-7-24-15(18-8)19-13(21)6-10-3-2-9(4-11(10)17)5-12-14(22)20-16(23)25-12/h2-4,7,12H,5-6,17H2,1H3,(H,18,19,21)(H,20,22,23). The molecule has 1 saturated heterocycles. The molecule has 0 spiro atoms. The van der Waals surface area contributed by atoms with Crippen molar-refractivity contribution in [2.45, 2.75) is 25.0 Å². The number of nitrogens with one attached hydrogen (secondary N) is 2. The summed E-state index contributed by atoms with van der Waals surface area (Å²) in [4.78, 5) is 39.1. The molecule has 4 N–H and O–H groups in total. The number of rotatable bonds is 5. The van der Waals surface area contributed by atoms with E-state index in [2.05, 4.69) is 15.6 Å². The van der Waals surface area contributed by atoms with Crippen LogP contribution in [0.3, 0.4) is 0 Å². The lowest BCUT2D eigenvalue weighted by Crippen LogP contribution is -2.25. The van der Waals surface area contributed by atoms with Crippen LogP contribution in [-0.4, -0.2) is 27.3 Å². The molecule has 3 rings (SSSR count). The summed E-state index contributed by atoms with van der Waals surface area (Å²) in [5, 5.41) is 6.66. The highest BCUT2D eigenvalue weighted by atomic mass is 32.2. The van der Waals surface area contributed by atoms with Gasteiger partial charge < -0.3 is 11.1 Å². The Morgan fingerprint density at radius 3 is 2.80 bits per heavy atom. The van der Waals surface area contributed by atoms with Crippen molar-refractivity contribution >= 4 is 51.0 Å². The number of carbonyl (C=O) groups excluding carboxylic acids is 3. The van der Waals surface area contributed by atoms with Crippen molar-refractivity contribution in [3.05, 3.63) is 40.4 Å². The highest BCUT2D eigenvalue weighted by Crippen LogP contribution is 2.25. The molecule has 1 atom stereocenters. The van der Waals surface area contributed by atoms with Gasteiger partial charge in [-0.05, 0) is 30.5 Å². The summed E-state index contributed by atoms with van der Waals surface area (Å²) in [5.74, 6) is -0.471. The second kappa shape index (κ2) is 7.24. The van der Waals surface area contributed by atoms with Crippen LogP contribution >= 0.6 is 23.1 Å². The first-order chi connectivity index (χ1) is 11.9. The van der Waals surface area contributed by atoms with Crippen LogP contribution in [0.25, 0.3) is 0 Å². The number of aromatic nitrogens is 1. The number of nitrogens with two attached hydrogens (primary N) is 1. The molecule has 0 bridgehead atoms. The number of nitrogens with zero attached hydrogens (tertiary/aromatic N) is 1. The van der Waals surface area contributed by atoms with Crippen LogP contribution in [0.1, 0.15) is 16.8 Å². The van der Waals surface area contributed by atoms with Crippen LogP contribution in [0, 0.1) is 6.92 Å². The highest BCUT2D eigenvalue weighted by Gasteiger charge is 2.31. The molecule has 0 saturated carbocycles. The highest BCUT2D eigenvalue weighted by molar-refractivity contribution is 8.15. The Morgan fingerprint density at radius 1 is 1.40 bits per heavy atom. The Kier molecular flexibility index (Phi) is 5.05. The summed E-state index contributed by atoms with van der Waals surface area (Å²) in [6.07, 6.45) is 0.555. The zero-order valence-electron chi connectivity index (χ0n) is 13.4. The number of thiazole rings is 1. The minimum Gasteiger partial charge on any atom is -0.398 e. The van der Waals surface area contributed by atoms with Gasteiger partial charge in [-0.1, -0.05) is 23.9 Å². The number of carbonyl (C=O) groups is 3. The summed E-state index contributed by atoms with van der Waals surface area (Å²) in [6.45, 7) is 1.86. The summed E-state index contributed by atoms with van der Waals surface area (Å²) in [5.41, 5.74) is 8.93. The summed E-state index contributed by atoms with van der Waals surface area (Å²) in [6, 6.07) is 5.34. The monoisotopic (exact) mass is 376 g/mol. The number of amides is 3. The Bertz CT molecular complexity index is 850. The molecule has 0 radical (unpaired) electrons. The number of aryl methyl sites for hydroxylation is 1. The summed E-state index contributed by atoms with van der Waals surface area (Å²) >= 11 is 2.35. The molecular weight excluding hydrogens is 360 g/mol. The molecule has 25 heavy (non-hydrogen) atoms. The van der Waals surface area contributed by atoms with Crippen molar-refractivity contribution in [1.29, 1.82) is 0 Å². The minimum absolute atomic E-state index is 0.141. The molecule has 9 heteroatoms. The molecule has 3 amide bonds.